The maximum atomic E-state index is 12.8. The van der Waals surface area contributed by atoms with Gasteiger partial charge in [0.15, 0.2) is 0 Å². The predicted octanol–water partition coefficient (Wildman–Crippen LogP) is 4.24. The number of hydrogen-bond acceptors (Lipinski definition) is 3. The van der Waals surface area contributed by atoms with Crippen LogP contribution < -0.4 is 15.8 Å². The summed E-state index contributed by atoms with van der Waals surface area (Å²) in [6.07, 6.45) is 6.51. The van der Waals surface area contributed by atoms with Gasteiger partial charge in [0.25, 0.3) is 11.5 Å². The Balaban J connectivity index is 1.45. The van der Waals surface area contributed by atoms with Crippen molar-refractivity contribution in [1.29, 1.82) is 0 Å². The molecule has 1 aliphatic carbocycles. The third kappa shape index (κ3) is 4.11. The third-order valence-corrected chi connectivity index (χ3v) is 6.32. The Morgan fingerprint density at radius 2 is 1.77 bits per heavy atom. The number of benzene rings is 2. The molecule has 4 rings (SSSR count). The van der Waals surface area contributed by atoms with E-state index in [0.717, 1.165) is 16.5 Å². The number of carbonyl (C=O) groups excluding carboxylic acids is 1. The number of nitrogens with zero attached hydrogens (tertiary/aromatic N) is 2. The fourth-order valence-electron chi connectivity index (χ4n) is 4.40. The van der Waals surface area contributed by atoms with E-state index in [1.165, 1.54) is 43.9 Å². The van der Waals surface area contributed by atoms with Crippen LogP contribution in [0.2, 0.25) is 0 Å². The molecule has 1 aromatic heterocycles. The number of hydrogen-bond donors (Lipinski definition) is 1. The van der Waals surface area contributed by atoms with Crippen molar-refractivity contribution in [3.63, 3.8) is 0 Å². The number of carbonyl (C=O) groups is 1. The zero-order valence-corrected chi connectivity index (χ0v) is 17.7. The van der Waals surface area contributed by atoms with Crippen molar-refractivity contribution in [3.05, 3.63) is 76.1 Å². The first-order valence-corrected chi connectivity index (χ1v) is 10.7. The van der Waals surface area contributed by atoms with Gasteiger partial charge in [-0.1, -0.05) is 49.6 Å². The SMILES string of the molecule is CN(c1ccc(CNC(=O)c2cc(=O)n(C)c3ccccc23)cc1)C1CCCCC1. The van der Waals surface area contributed by atoms with Crippen LogP contribution >= 0.6 is 0 Å². The Labute approximate surface area is 177 Å². The van der Waals surface area contributed by atoms with Gasteiger partial charge in [-0.3, -0.25) is 9.59 Å². The summed E-state index contributed by atoms with van der Waals surface area (Å²) in [7, 11) is 3.89. The summed E-state index contributed by atoms with van der Waals surface area (Å²) in [5.41, 5.74) is 3.24. The number of amides is 1. The number of fused-ring (bicyclic) bond motifs is 1. The van der Waals surface area contributed by atoms with Gasteiger partial charge < -0.3 is 14.8 Å². The summed E-state index contributed by atoms with van der Waals surface area (Å²) < 4.78 is 1.56. The van der Waals surface area contributed by atoms with Gasteiger partial charge in [0.05, 0.1) is 11.1 Å². The van der Waals surface area contributed by atoms with Gasteiger partial charge in [-0.2, -0.15) is 0 Å². The van der Waals surface area contributed by atoms with Gasteiger partial charge in [0, 0.05) is 43.8 Å². The molecule has 0 radical (unpaired) electrons. The molecule has 5 nitrogen and oxygen atoms in total. The minimum absolute atomic E-state index is 0.186. The molecule has 1 fully saturated rings. The lowest BCUT2D eigenvalue weighted by atomic mass is 9.94. The first-order chi connectivity index (χ1) is 14.5. The van der Waals surface area contributed by atoms with E-state index in [4.69, 9.17) is 0 Å². The molecule has 0 unspecified atom stereocenters. The highest BCUT2D eigenvalue weighted by molar-refractivity contribution is 6.06. The number of aromatic nitrogens is 1. The molecule has 0 saturated heterocycles. The zero-order valence-electron chi connectivity index (χ0n) is 17.7. The number of nitrogens with one attached hydrogen (secondary N) is 1. The second-order valence-electron chi connectivity index (χ2n) is 8.22. The van der Waals surface area contributed by atoms with E-state index in [0.29, 0.717) is 18.2 Å². The number of anilines is 1. The summed E-state index contributed by atoms with van der Waals surface area (Å²) >= 11 is 0. The van der Waals surface area contributed by atoms with Crippen LogP contribution in [0, 0.1) is 0 Å². The molecule has 1 aliphatic rings. The van der Waals surface area contributed by atoms with Crippen molar-refractivity contribution >= 4 is 22.5 Å². The molecular formula is C25H29N3O2. The maximum Gasteiger partial charge on any atom is 0.252 e. The molecule has 0 spiro atoms. The van der Waals surface area contributed by atoms with Crippen LogP contribution in [0.15, 0.2) is 59.4 Å². The Kier molecular flexibility index (Phi) is 5.88. The molecule has 1 heterocycles. The number of pyridine rings is 1. The molecule has 0 atom stereocenters. The van der Waals surface area contributed by atoms with Crippen LogP contribution in [0.3, 0.4) is 0 Å². The summed E-state index contributed by atoms with van der Waals surface area (Å²) in [4.78, 5) is 27.4. The summed E-state index contributed by atoms with van der Waals surface area (Å²) in [6, 6.07) is 17.9. The lowest BCUT2D eigenvalue weighted by Crippen LogP contribution is -2.33. The molecule has 0 bridgehead atoms. The Morgan fingerprint density at radius 3 is 2.50 bits per heavy atom. The van der Waals surface area contributed by atoms with Gasteiger partial charge in [-0.25, -0.2) is 0 Å². The molecule has 1 N–H and O–H groups in total. The largest absolute Gasteiger partial charge is 0.372 e. The fourth-order valence-corrected chi connectivity index (χ4v) is 4.40. The molecule has 5 heteroatoms. The molecule has 2 aromatic carbocycles. The average molecular weight is 404 g/mol. The van der Waals surface area contributed by atoms with Crippen molar-refractivity contribution in [2.45, 2.75) is 44.7 Å². The number of rotatable bonds is 5. The van der Waals surface area contributed by atoms with Crippen LogP contribution in [0.4, 0.5) is 5.69 Å². The summed E-state index contributed by atoms with van der Waals surface area (Å²) in [6.45, 7) is 0.426. The molecule has 30 heavy (non-hydrogen) atoms. The van der Waals surface area contributed by atoms with Crippen LogP contribution in [-0.2, 0) is 13.6 Å². The minimum atomic E-state index is -0.229. The van der Waals surface area contributed by atoms with E-state index in [1.54, 1.807) is 11.6 Å². The monoisotopic (exact) mass is 403 g/mol. The van der Waals surface area contributed by atoms with E-state index in [9.17, 15) is 9.59 Å². The second kappa shape index (κ2) is 8.74. The number of para-hydroxylation sites is 1. The topological polar surface area (TPSA) is 54.3 Å². The smallest absolute Gasteiger partial charge is 0.252 e. The van der Waals surface area contributed by atoms with E-state index in [-0.39, 0.29) is 11.5 Å². The van der Waals surface area contributed by atoms with E-state index in [2.05, 4.69) is 41.5 Å². The van der Waals surface area contributed by atoms with Gasteiger partial charge >= 0.3 is 0 Å². The van der Waals surface area contributed by atoms with E-state index < -0.39 is 0 Å². The van der Waals surface area contributed by atoms with Gasteiger partial charge in [-0.15, -0.1) is 0 Å². The molecule has 156 valence electrons. The first kappa shape index (κ1) is 20.2. The number of aryl methyl sites for hydroxylation is 1. The fraction of sp³-hybridized carbons (Fsp3) is 0.360. The zero-order chi connectivity index (χ0) is 21.1. The van der Waals surface area contributed by atoms with Gasteiger partial charge in [0.2, 0.25) is 0 Å². The van der Waals surface area contributed by atoms with Crippen molar-refractivity contribution in [2.75, 3.05) is 11.9 Å². The minimum Gasteiger partial charge on any atom is -0.372 e. The van der Waals surface area contributed by atoms with E-state index in [1.807, 2.05) is 24.3 Å². The normalized spacial score (nSPS) is 14.6. The molecule has 1 saturated carbocycles. The first-order valence-electron chi connectivity index (χ1n) is 10.7. The second-order valence-corrected chi connectivity index (χ2v) is 8.22. The van der Waals surface area contributed by atoms with Crippen molar-refractivity contribution in [2.24, 2.45) is 7.05 Å². The summed E-state index contributed by atoms with van der Waals surface area (Å²) in [5.74, 6) is -0.229. The van der Waals surface area contributed by atoms with Crippen LogP contribution in [-0.4, -0.2) is 23.6 Å². The van der Waals surface area contributed by atoms with Crippen molar-refractivity contribution in [1.82, 2.24) is 9.88 Å². The van der Waals surface area contributed by atoms with Gasteiger partial charge in [0.1, 0.15) is 0 Å². The van der Waals surface area contributed by atoms with Crippen LogP contribution in [0.1, 0.15) is 48.0 Å². The molecule has 3 aromatic rings. The third-order valence-electron chi connectivity index (χ3n) is 6.32. The average Bonchev–Trinajstić information content (AvgIpc) is 2.80. The van der Waals surface area contributed by atoms with Crippen LogP contribution in [0.5, 0.6) is 0 Å². The summed E-state index contributed by atoms with van der Waals surface area (Å²) in [5, 5.41) is 3.74. The lowest BCUT2D eigenvalue weighted by Gasteiger charge is -2.33. The van der Waals surface area contributed by atoms with Crippen molar-refractivity contribution < 1.29 is 4.79 Å². The Hall–Kier alpha value is -3.08. The highest BCUT2D eigenvalue weighted by atomic mass is 16.2. The standard InChI is InChI=1S/C25H29N3O2/c1-27(19-8-4-3-5-9-19)20-14-12-18(13-15-20)17-26-25(30)22-16-24(29)28(2)23-11-7-6-10-21(22)23/h6-7,10-16,19H,3-5,8-9,17H2,1-2H3,(H,26,30). The molecular weight excluding hydrogens is 374 g/mol. The molecule has 1 amide bonds. The lowest BCUT2D eigenvalue weighted by molar-refractivity contribution is 0.0952. The van der Waals surface area contributed by atoms with Crippen molar-refractivity contribution in [3.8, 4) is 0 Å². The highest BCUT2D eigenvalue weighted by Gasteiger charge is 2.18. The Bertz CT molecular complexity index is 1100. The maximum absolute atomic E-state index is 12.8. The van der Waals surface area contributed by atoms with Gasteiger partial charge in [-0.05, 0) is 36.6 Å². The highest BCUT2D eigenvalue weighted by Crippen LogP contribution is 2.26. The molecule has 0 aliphatic heterocycles. The van der Waals surface area contributed by atoms with Crippen LogP contribution in [0.25, 0.3) is 10.9 Å². The Morgan fingerprint density at radius 1 is 1.07 bits per heavy atom. The predicted molar refractivity (Wildman–Crippen MR) is 122 cm³/mol. The van der Waals surface area contributed by atoms with E-state index >= 15 is 0 Å². The quantitative estimate of drug-likeness (QED) is 0.693.